The zero-order valence-electron chi connectivity index (χ0n) is 13.3. The van der Waals surface area contributed by atoms with Gasteiger partial charge in [-0.1, -0.05) is 27.7 Å². The molecule has 0 fully saturated rings. The predicted molar refractivity (Wildman–Crippen MR) is 79.9 cm³/mol. The molecule has 0 radical (unpaired) electrons. The van der Waals surface area contributed by atoms with Crippen molar-refractivity contribution in [2.24, 2.45) is 11.3 Å². The quantitative estimate of drug-likeness (QED) is 0.631. The topological polar surface area (TPSA) is 35.5 Å². The van der Waals surface area contributed by atoms with Crippen molar-refractivity contribution in [3.63, 3.8) is 0 Å². The van der Waals surface area contributed by atoms with Gasteiger partial charge in [0.15, 0.2) is 0 Å². The second kappa shape index (κ2) is 8.89. The van der Waals surface area contributed by atoms with E-state index >= 15 is 0 Å². The Bertz CT molecular complexity index is 203. The lowest BCUT2D eigenvalue weighted by molar-refractivity contribution is 0.130. The van der Waals surface area contributed by atoms with Crippen molar-refractivity contribution >= 4 is 0 Å². The van der Waals surface area contributed by atoms with E-state index in [0.717, 1.165) is 32.6 Å². The molecule has 0 aromatic carbocycles. The standard InChI is InChI=1S/C15H34N2O/c1-13(2)10-16-11-15(5,6)12-17(14(3)4)8-7-9-18/h13-14,16,18H,7-12H2,1-6H3. The molecule has 0 aliphatic heterocycles. The minimum atomic E-state index is 0.272. The smallest absolute Gasteiger partial charge is 0.0443 e. The Balaban J connectivity index is 4.14. The molecule has 0 aliphatic carbocycles. The van der Waals surface area contributed by atoms with Gasteiger partial charge < -0.3 is 15.3 Å². The van der Waals surface area contributed by atoms with Crippen molar-refractivity contribution in [3.05, 3.63) is 0 Å². The highest BCUT2D eigenvalue weighted by Crippen LogP contribution is 2.18. The molecule has 3 nitrogen and oxygen atoms in total. The van der Waals surface area contributed by atoms with E-state index in [2.05, 4.69) is 51.8 Å². The highest BCUT2D eigenvalue weighted by molar-refractivity contribution is 4.78. The first-order valence-corrected chi connectivity index (χ1v) is 7.34. The summed E-state index contributed by atoms with van der Waals surface area (Å²) in [5, 5.41) is 12.5. The lowest BCUT2D eigenvalue weighted by Gasteiger charge is -2.35. The van der Waals surface area contributed by atoms with Crippen LogP contribution in [0.15, 0.2) is 0 Å². The van der Waals surface area contributed by atoms with Crippen LogP contribution in [0.2, 0.25) is 0 Å². The summed E-state index contributed by atoms with van der Waals surface area (Å²) in [7, 11) is 0. The molecule has 0 saturated carbocycles. The van der Waals surface area contributed by atoms with Gasteiger partial charge in [0, 0.05) is 32.3 Å². The van der Waals surface area contributed by atoms with E-state index in [1.165, 1.54) is 0 Å². The molecule has 110 valence electrons. The second-order valence-corrected chi connectivity index (χ2v) is 6.83. The Morgan fingerprint density at radius 2 is 1.78 bits per heavy atom. The van der Waals surface area contributed by atoms with Crippen LogP contribution in [0.4, 0.5) is 0 Å². The predicted octanol–water partition coefficient (Wildman–Crippen LogP) is 2.35. The number of aliphatic hydroxyl groups excluding tert-OH is 1. The minimum Gasteiger partial charge on any atom is -0.396 e. The number of nitrogens with zero attached hydrogens (tertiary/aromatic N) is 1. The molecule has 2 N–H and O–H groups in total. The van der Waals surface area contributed by atoms with E-state index in [1.54, 1.807) is 0 Å². The highest BCUT2D eigenvalue weighted by atomic mass is 16.3. The first-order valence-electron chi connectivity index (χ1n) is 7.34. The lowest BCUT2D eigenvalue weighted by Crippen LogP contribution is -2.44. The molecule has 0 rings (SSSR count). The molecule has 18 heavy (non-hydrogen) atoms. The Morgan fingerprint density at radius 3 is 2.22 bits per heavy atom. The average Bonchev–Trinajstić information content (AvgIpc) is 2.22. The summed E-state index contributed by atoms with van der Waals surface area (Å²) in [6, 6.07) is 0.543. The van der Waals surface area contributed by atoms with Crippen molar-refractivity contribution in [2.45, 2.75) is 54.0 Å². The number of nitrogens with one attached hydrogen (secondary N) is 1. The molecule has 0 amide bonds. The zero-order valence-corrected chi connectivity index (χ0v) is 13.3. The Hall–Kier alpha value is -0.120. The second-order valence-electron chi connectivity index (χ2n) is 6.83. The summed E-state index contributed by atoms with van der Waals surface area (Å²) in [5.41, 5.74) is 0.272. The highest BCUT2D eigenvalue weighted by Gasteiger charge is 2.22. The molecule has 0 bridgehead atoms. The lowest BCUT2D eigenvalue weighted by atomic mass is 9.91. The molecular formula is C15H34N2O. The van der Waals surface area contributed by atoms with Gasteiger partial charge in [0.25, 0.3) is 0 Å². The van der Waals surface area contributed by atoms with Crippen molar-refractivity contribution in [2.75, 3.05) is 32.8 Å². The number of rotatable bonds is 10. The Kier molecular flexibility index (Phi) is 8.83. The van der Waals surface area contributed by atoms with Gasteiger partial charge in [0.05, 0.1) is 0 Å². The summed E-state index contributed by atoms with van der Waals surface area (Å²) >= 11 is 0. The van der Waals surface area contributed by atoms with Gasteiger partial charge in [0.1, 0.15) is 0 Å². The van der Waals surface area contributed by atoms with Gasteiger partial charge in [-0.2, -0.15) is 0 Å². The molecule has 0 aliphatic rings. The molecule has 0 spiro atoms. The fourth-order valence-corrected chi connectivity index (χ4v) is 2.10. The zero-order chi connectivity index (χ0) is 14.2. The van der Waals surface area contributed by atoms with E-state index in [4.69, 9.17) is 5.11 Å². The third-order valence-corrected chi connectivity index (χ3v) is 3.12. The maximum Gasteiger partial charge on any atom is 0.0443 e. The van der Waals surface area contributed by atoms with Gasteiger partial charge in [-0.3, -0.25) is 0 Å². The fourth-order valence-electron chi connectivity index (χ4n) is 2.10. The Morgan fingerprint density at radius 1 is 1.17 bits per heavy atom. The maximum absolute atomic E-state index is 8.96. The van der Waals surface area contributed by atoms with Crippen LogP contribution in [0.25, 0.3) is 0 Å². The van der Waals surface area contributed by atoms with Crippen LogP contribution >= 0.6 is 0 Å². The summed E-state index contributed by atoms with van der Waals surface area (Å²) in [6.07, 6.45) is 0.869. The fraction of sp³-hybridized carbons (Fsp3) is 1.00. The van der Waals surface area contributed by atoms with Gasteiger partial charge in [0.2, 0.25) is 0 Å². The molecule has 0 saturated heterocycles. The summed E-state index contributed by atoms with van der Waals surface area (Å²) < 4.78 is 0. The van der Waals surface area contributed by atoms with Gasteiger partial charge in [-0.15, -0.1) is 0 Å². The molecule has 0 atom stereocenters. The largest absolute Gasteiger partial charge is 0.396 e. The first kappa shape index (κ1) is 17.9. The van der Waals surface area contributed by atoms with Crippen LogP contribution in [0, 0.1) is 11.3 Å². The average molecular weight is 258 g/mol. The third-order valence-electron chi connectivity index (χ3n) is 3.12. The third kappa shape index (κ3) is 8.90. The summed E-state index contributed by atoms with van der Waals surface area (Å²) in [4.78, 5) is 2.47. The SMILES string of the molecule is CC(C)CNCC(C)(C)CN(CCCO)C(C)C. The van der Waals surface area contributed by atoms with Crippen molar-refractivity contribution in [1.82, 2.24) is 10.2 Å². The van der Waals surface area contributed by atoms with Gasteiger partial charge in [-0.25, -0.2) is 0 Å². The van der Waals surface area contributed by atoms with Crippen LogP contribution < -0.4 is 5.32 Å². The number of hydrogen-bond acceptors (Lipinski definition) is 3. The van der Waals surface area contributed by atoms with E-state index in [-0.39, 0.29) is 12.0 Å². The van der Waals surface area contributed by atoms with E-state index in [9.17, 15) is 0 Å². The van der Waals surface area contributed by atoms with Gasteiger partial charge >= 0.3 is 0 Å². The maximum atomic E-state index is 8.96. The molecule has 0 aromatic rings. The van der Waals surface area contributed by atoms with Crippen LogP contribution in [0.5, 0.6) is 0 Å². The van der Waals surface area contributed by atoms with Crippen LogP contribution in [0.3, 0.4) is 0 Å². The number of hydrogen-bond donors (Lipinski definition) is 2. The summed E-state index contributed by atoms with van der Waals surface area (Å²) in [6.45, 7) is 18.1. The van der Waals surface area contributed by atoms with Crippen molar-refractivity contribution in [3.8, 4) is 0 Å². The van der Waals surface area contributed by atoms with Gasteiger partial charge in [-0.05, 0) is 38.1 Å². The van der Waals surface area contributed by atoms with Crippen LogP contribution in [-0.4, -0.2) is 48.8 Å². The van der Waals surface area contributed by atoms with Crippen molar-refractivity contribution in [1.29, 1.82) is 0 Å². The normalized spacial score (nSPS) is 13.0. The monoisotopic (exact) mass is 258 g/mol. The van der Waals surface area contributed by atoms with Crippen LogP contribution in [-0.2, 0) is 0 Å². The van der Waals surface area contributed by atoms with Crippen molar-refractivity contribution < 1.29 is 5.11 Å². The Labute approximate surface area is 114 Å². The first-order chi connectivity index (χ1) is 8.28. The summed E-state index contributed by atoms with van der Waals surface area (Å²) in [5.74, 6) is 0.705. The van der Waals surface area contributed by atoms with Crippen LogP contribution in [0.1, 0.15) is 48.0 Å². The van der Waals surface area contributed by atoms with E-state index in [0.29, 0.717) is 12.0 Å². The van der Waals surface area contributed by atoms with E-state index in [1.807, 2.05) is 0 Å². The minimum absolute atomic E-state index is 0.272. The number of aliphatic hydroxyl groups is 1. The molecule has 0 unspecified atom stereocenters. The molecule has 0 heterocycles. The molecule has 3 heteroatoms. The molecule has 0 aromatic heterocycles. The van der Waals surface area contributed by atoms with E-state index < -0.39 is 0 Å². The molecular weight excluding hydrogens is 224 g/mol.